The maximum atomic E-state index is 12.6. The third-order valence-corrected chi connectivity index (χ3v) is 5.67. The number of H-pyrrole nitrogens is 2. The predicted octanol–water partition coefficient (Wildman–Crippen LogP) is 0.335. The summed E-state index contributed by atoms with van der Waals surface area (Å²) in [4.78, 5) is 31.5. The van der Waals surface area contributed by atoms with Crippen molar-refractivity contribution in [1.82, 2.24) is 29.5 Å². The summed E-state index contributed by atoms with van der Waals surface area (Å²) in [6.07, 6.45) is 3.05. The molecule has 0 aliphatic rings. The largest absolute Gasteiger partial charge is 0.316 e. The minimum Gasteiger partial charge on any atom is -0.316 e. The molecular formula is C18H16N6O4S. The van der Waals surface area contributed by atoms with Crippen LogP contribution in [-0.4, -0.2) is 33.2 Å². The summed E-state index contributed by atoms with van der Waals surface area (Å²) in [6.45, 7) is 0.616. The van der Waals surface area contributed by atoms with Crippen molar-refractivity contribution < 1.29 is 8.42 Å². The van der Waals surface area contributed by atoms with Gasteiger partial charge in [-0.1, -0.05) is 24.3 Å². The first-order chi connectivity index (χ1) is 13.9. The van der Waals surface area contributed by atoms with E-state index in [-0.39, 0.29) is 17.0 Å². The lowest BCUT2D eigenvalue weighted by Crippen LogP contribution is -2.29. The van der Waals surface area contributed by atoms with Crippen LogP contribution in [0.2, 0.25) is 0 Å². The Morgan fingerprint density at radius 2 is 1.72 bits per heavy atom. The fraction of sp³-hybridized carbons (Fsp3) is 0.111. The van der Waals surface area contributed by atoms with E-state index in [1.807, 2.05) is 24.3 Å². The number of aromatic nitrogens is 5. The quantitative estimate of drug-likeness (QED) is 0.390. The maximum Gasteiger partial charge on any atom is 0.314 e. The highest BCUT2D eigenvalue weighted by Crippen LogP contribution is 2.15. The molecule has 0 unspecified atom stereocenters. The zero-order chi connectivity index (χ0) is 20.4. The molecule has 2 aromatic heterocycles. The number of nitrogens with zero attached hydrogens (tertiary/aromatic N) is 3. The van der Waals surface area contributed by atoms with E-state index in [9.17, 15) is 18.0 Å². The van der Waals surface area contributed by atoms with Gasteiger partial charge in [0.05, 0.1) is 22.5 Å². The van der Waals surface area contributed by atoms with Gasteiger partial charge in [0.1, 0.15) is 12.7 Å². The molecule has 0 radical (unpaired) electrons. The average molecular weight is 412 g/mol. The zero-order valence-electron chi connectivity index (χ0n) is 15.0. The number of nitrogens with one attached hydrogen (secondary N) is 3. The van der Waals surface area contributed by atoms with Gasteiger partial charge in [-0.05, 0) is 29.3 Å². The highest BCUT2D eigenvalue weighted by atomic mass is 32.2. The van der Waals surface area contributed by atoms with E-state index in [0.29, 0.717) is 12.1 Å². The smallest absolute Gasteiger partial charge is 0.314 e. The van der Waals surface area contributed by atoms with Crippen molar-refractivity contribution in [1.29, 1.82) is 0 Å². The Morgan fingerprint density at radius 3 is 2.48 bits per heavy atom. The van der Waals surface area contributed by atoms with Crippen LogP contribution in [0.25, 0.3) is 11.0 Å². The van der Waals surface area contributed by atoms with E-state index in [4.69, 9.17) is 0 Å². The molecule has 0 amide bonds. The lowest BCUT2D eigenvalue weighted by Gasteiger charge is -2.09. The van der Waals surface area contributed by atoms with Crippen molar-refractivity contribution in [3.63, 3.8) is 0 Å². The number of fused-ring (bicyclic) bond motifs is 1. The van der Waals surface area contributed by atoms with Crippen molar-refractivity contribution in [2.45, 2.75) is 18.0 Å². The Hall–Kier alpha value is -3.57. The molecule has 10 nitrogen and oxygen atoms in total. The Morgan fingerprint density at radius 1 is 0.966 bits per heavy atom. The molecule has 2 heterocycles. The highest BCUT2D eigenvalue weighted by molar-refractivity contribution is 7.89. The van der Waals surface area contributed by atoms with Gasteiger partial charge in [-0.25, -0.2) is 22.8 Å². The van der Waals surface area contributed by atoms with Gasteiger partial charge >= 0.3 is 11.1 Å². The molecule has 2 aromatic carbocycles. The van der Waals surface area contributed by atoms with Crippen LogP contribution in [0.1, 0.15) is 11.1 Å². The minimum atomic E-state index is -3.83. The Kier molecular flexibility index (Phi) is 4.82. The van der Waals surface area contributed by atoms with Gasteiger partial charge < -0.3 is 9.97 Å². The van der Waals surface area contributed by atoms with Crippen LogP contribution in [0, 0.1) is 0 Å². The number of hydrogen-bond donors (Lipinski definition) is 3. The first-order valence-electron chi connectivity index (χ1n) is 8.57. The lowest BCUT2D eigenvalue weighted by molar-refractivity contribution is 0.581. The zero-order valence-corrected chi connectivity index (χ0v) is 15.8. The van der Waals surface area contributed by atoms with Gasteiger partial charge in [-0.3, -0.25) is 9.59 Å². The SMILES string of the molecule is O=c1[nH]c2ccc(S(=O)(=O)NCc3cccc(Cn4cncn4)c3)cc2[nH]c1=O. The van der Waals surface area contributed by atoms with Gasteiger partial charge in [-0.15, -0.1) is 0 Å². The Labute approximate surface area is 164 Å². The summed E-state index contributed by atoms with van der Waals surface area (Å²) >= 11 is 0. The molecule has 3 N–H and O–H groups in total. The third kappa shape index (κ3) is 4.15. The van der Waals surface area contributed by atoms with Crippen molar-refractivity contribution in [3.05, 3.63) is 87.0 Å². The molecule has 0 fully saturated rings. The first kappa shape index (κ1) is 18.8. The maximum absolute atomic E-state index is 12.6. The van der Waals surface area contributed by atoms with Crippen LogP contribution in [0.15, 0.2) is 69.6 Å². The molecule has 0 saturated heterocycles. The summed E-state index contributed by atoms with van der Waals surface area (Å²) in [5, 5.41) is 4.05. The van der Waals surface area contributed by atoms with E-state index in [2.05, 4.69) is 24.8 Å². The predicted molar refractivity (Wildman–Crippen MR) is 105 cm³/mol. The van der Waals surface area contributed by atoms with E-state index in [1.165, 1.54) is 24.5 Å². The van der Waals surface area contributed by atoms with Crippen molar-refractivity contribution in [2.24, 2.45) is 0 Å². The molecule has 0 saturated carbocycles. The second-order valence-electron chi connectivity index (χ2n) is 6.35. The molecule has 0 aliphatic carbocycles. The summed E-state index contributed by atoms with van der Waals surface area (Å²) < 4.78 is 29.5. The molecule has 0 atom stereocenters. The molecule has 0 bridgehead atoms. The fourth-order valence-electron chi connectivity index (χ4n) is 2.86. The van der Waals surface area contributed by atoms with Crippen LogP contribution in [0.5, 0.6) is 0 Å². The second kappa shape index (κ2) is 7.45. The van der Waals surface area contributed by atoms with Gasteiger partial charge in [0, 0.05) is 6.54 Å². The summed E-state index contributed by atoms with van der Waals surface area (Å²) in [6, 6.07) is 11.5. The van der Waals surface area contributed by atoms with Crippen molar-refractivity contribution in [2.75, 3.05) is 0 Å². The molecule has 148 valence electrons. The average Bonchev–Trinajstić information content (AvgIpc) is 3.20. The van der Waals surface area contributed by atoms with Crippen LogP contribution >= 0.6 is 0 Å². The van der Waals surface area contributed by atoms with Gasteiger partial charge in [-0.2, -0.15) is 5.10 Å². The van der Waals surface area contributed by atoms with E-state index >= 15 is 0 Å². The van der Waals surface area contributed by atoms with Gasteiger partial charge in [0.2, 0.25) is 10.0 Å². The highest BCUT2D eigenvalue weighted by Gasteiger charge is 2.15. The van der Waals surface area contributed by atoms with Gasteiger partial charge in [0.15, 0.2) is 0 Å². The lowest BCUT2D eigenvalue weighted by atomic mass is 10.1. The van der Waals surface area contributed by atoms with Crippen LogP contribution in [0.3, 0.4) is 0 Å². The second-order valence-corrected chi connectivity index (χ2v) is 8.12. The number of aromatic amines is 2. The molecule has 29 heavy (non-hydrogen) atoms. The molecular weight excluding hydrogens is 396 g/mol. The van der Waals surface area contributed by atoms with Gasteiger partial charge in [0.25, 0.3) is 0 Å². The molecule has 4 aromatic rings. The van der Waals surface area contributed by atoms with E-state index < -0.39 is 21.1 Å². The monoisotopic (exact) mass is 412 g/mol. The number of rotatable bonds is 6. The molecule has 0 aliphatic heterocycles. The molecule has 0 spiro atoms. The molecule has 11 heteroatoms. The van der Waals surface area contributed by atoms with Crippen LogP contribution in [-0.2, 0) is 23.1 Å². The number of sulfonamides is 1. The van der Waals surface area contributed by atoms with E-state index in [1.54, 1.807) is 11.0 Å². The third-order valence-electron chi connectivity index (χ3n) is 4.27. The van der Waals surface area contributed by atoms with Crippen LogP contribution in [0.4, 0.5) is 0 Å². The topological polar surface area (TPSA) is 143 Å². The Balaban J connectivity index is 1.53. The summed E-state index contributed by atoms with van der Waals surface area (Å²) in [5.41, 5.74) is 0.673. The standard InChI is InChI=1S/C18H16N6O4S/c25-17-18(26)23-16-7-14(4-5-15(16)22-17)29(27,28)21-8-12-2-1-3-13(6-12)9-24-11-19-10-20-24/h1-7,10-11,21H,8-9H2,(H,22,25)(H,23,26). The first-order valence-corrected chi connectivity index (χ1v) is 10.1. The van der Waals surface area contributed by atoms with Crippen molar-refractivity contribution in [3.8, 4) is 0 Å². The Bertz CT molecular complexity index is 1390. The molecule has 4 rings (SSSR count). The minimum absolute atomic E-state index is 0.0218. The number of benzene rings is 2. The van der Waals surface area contributed by atoms with Crippen LogP contribution < -0.4 is 15.8 Å². The fourth-order valence-corrected chi connectivity index (χ4v) is 3.91. The normalized spacial score (nSPS) is 11.7. The summed E-state index contributed by atoms with van der Waals surface area (Å²) in [5.74, 6) is 0. The number of hydrogen-bond acceptors (Lipinski definition) is 6. The summed E-state index contributed by atoms with van der Waals surface area (Å²) in [7, 11) is -3.83. The van der Waals surface area contributed by atoms with Crippen molar-refractivity contribution >= 4 is 21.1 Å². The van der Waals surface area contributed by atoms with E-state index in [0.717, 1.165) is 11.1 Å².